The van der Waals surface area contributed by atoms with E-state index in [1.165, 1.54) is 6.20 Å². The number of halogens is 3. The lowest BCUT2D eigenvalue weighted by Gasteiger charge is -2.12. The molecule has 0 aliphatic heterocycles. The average molecular weight is 464 g/mol. The second kappa shape index (κ2) is 7.38. The van der Waals surface area contributed by atoms with Gasteiger partial charge in [0.15, 0.2) is 5.82 Å². The van der Waals surface area contributed by atoms with E-state index in [9.17, 15) is 0 Å². The number of methoxy groups -OCH3 is 1. The van der Waals surface area contributed by atoms with E-state index in [0.29, 0.717) is 21.8 Å². The Morgan fingerprint density at radius 2 is 1.85 bits per heavy atom. The van der Waals surface area contributed by atoms with Gasteiger partial charge in [0.25, 0.3) is 0 Å². The molecule has 0 bridgehead atoms. The fourth-order valence-corrected chi connectivity index (χ4v) is 3.42. The molecule has 136 valence electrons. The van der Waals surface area contributed by atoms with E-state index in [2.05, 4.69) is 26.2 Å². The predicted molar refractivity (Wildman–Crippen MR) is 113 cm³/mol. The van der Waals surface area contributed by atoms with Crippen molar-refractivity contribution >= 4 is 61.9 Å². The van der Waals surface area contributed by atoms with E-state index in [-0.39, 0.29) is 0 Å². The summed E-state index contributed by atoms with van der Waals surface area (Å²) in [6.07, 6.45) is 1.53. The van der Waals surface area contributed by atoms with Crippen molar-refractivity contribution < 1.29 is 4.74 Å². The van der Waals surface area contributed by atoms with Crippen LogP contribution in [0.1, 0.15) is 0 Å². The van der Waals surface area contributed by atoms with Gasteiger partial charge in [-0.3, -0.25) is 4.57 Å². The predicted octanol–water partition coefficient (Wildman–Crippen LogP) is 6.24. The van der Waals surface area contributed by atoms with E-state index in [4.69, 9.17) is 32.9 Å². The minimum atomic E-state index is 0.412. The van der Waals surface area contributed by atoms with Gasteiger partial charge >= 0.3 is 0 Å². The molecule has 4 rings (SSSR count). The van der Waals surface area contributed by atoms with Gasteiger partial charge in [0.1, 0.15) is 5.75 Å². The Morgan fingerprint density at radius 1 is 1.07 bits per heavy atom. The van der Waals surface area contributed by atoms with E-state index >= 15 is 0 Å². The topological polar surface area (TPSA) is 52.0 Å². The maximum atomic E-state index is 6.27. The molecular weight excluding hydrogens is 451 g/mol. The van der Waals surface area contributed by atoms with Gasteiger partial charge in [0, 0.05) is 22.4 Å². The Labute approximate surface area is 174 Å². The summed E-state index contributed by atoms with van der Waals surface area (Å²) in [5, 5.41) is 4.09. The van der Waals surface area contributed by atoms with Crippen molar-refractivity contribution in [3.63, 3.8) is 0 Å². The van der Waals surface area contributed by atoms with Crippen molar-refractivity contribution in [3.05, 3.63) is 69.2 Å². The van der Waals surface area contributed by atoms with Crippen molar-refractivity contribution in [2.75, 3.05) is 12.4 Å². The fraction of sp³-hybridized carbons (Fsp3) is 0.0526. The molecule has 2 aromatic carbocycles. The van der Waals surface area contributed by atoms with Gasteiger partial charge in [-0.2, -0.15) is 0 Å². The van der Waals surface area contributed by atoms with Gasteiger partial charge in [-0.15, -0.1) is 0 Å². The summed E-state index contributed by atoms with van der Waals surface area (Å²) in [5.74, 6) is 1.80. The van der Waals surface area contributed by atoms with E-state index in [1.807, 2.05) is 47.0 Å². The molecule has 0 unspecified atom stereocenters. The third-order valence-electron chi connectivity index (χ3n) is 3.98. The van der Waals surface area contributed by atoms with Gasteiger partial charge in [-0.1, -0.05) is 39.1 Å². The zero-order chi connectivity index (χ0) is 19.0. The first-order valence-electron chi connectivity index (χ1n) is 7.95. The van der Waals surface area contributed by atoms with Gasteiger partial charge in [0.05, 0.1) is 28.2 Å². The van der Waals surface area contributed by atoms with Crippen LogP contribution < -0.4 is 10.1 Å². The number of imidazole rings is 1. The average Bonchev–Trinajstić information content (AvgIpc) is 3.01. The van der Waals surface area contributed by atoms with Gasteiger partial charge in [-0.25, -0.2) is 9.97 Å². The summed E-state index contributed by atoms with van der Waals surface area (Å²) >= 11 is 15.7. The third kappa shape index (κ3) is 3.60. The highest BCUT2D eigenvalue weighted by Gasteiger charge is 2.15. The lowest BCUT2D eigenvalue weighted by Crippen LogP contribution is -2.03. The molecule has 0 saturated heterocycles. The third-order valence-corrected chi connectivity index (χ3v) is 5.01. The quantitative estimate of drug-likeness (QED) is 0.389. The van der Waals surface area contributed by atoms with Crippen LogP contribution in [0.2, 0.25) is 10.0 Å². The first kappa shape index (κ1) is 18.1. The lowest BCUT2D eigenvalue weighted by atomic mass is 10.2. The van der Waals surface area contributed by atoms with Crippen molar-refractivity contribution in [2.45, 2.75) is 0 Å². The van der Waals surface area contributed by atoms with Crippen molar-refractivity contribution in [3.8, 4) is 11.4 Å². The number of aromatic nitrogens is 3. The van der Waals surface area contributed by atoms with Crippen LogP contribution in [0.15, 0.2) is 59.2 Å². The molecule has 4 aromatic rings. The smallest absolute Gasteiger partial charge is 0.214 e. The summed E-state index contributed by atoms with van der Waals surface area (Å²) in [6, 6.07) is 15.3. The highest BCUT2D eigenvalue weighted by molar-refractivity contribution is 9.10. The van der Waals surface area contributed by atoms with Crippen LogP contribution in [0.4, 0.5) is 11.8 Å². The zero-order valence-electron chi connectivity index (χ0n) is 14.1. The molecule has 2 heterocycles. The van der Waals surface area contributed by atoms with E-state index in [0.717, 1.165) is 26.9 Å². The summed E-state index contributed by atoms with van der Waals surface area (Å²) in [6.45, 7) is 0. The molecule has 0 atom stereocenters. The summed E-state index contributed by atoms with van der Waals surface area (Å²) in [4.78, 5) is 8.96. The minimum absolute atomic E-state index is 0.412. The molecule has 0 aliphatic rings. The molecule has 1 N–H and O–H groups in total. The van der Waals surface area contributed by atoms with Crippen molar-refractivity contribution in [1.82, 2.24) is 14.5 Å². The second-order valence-electron chi connectivity index (χ2n) is 5.71. The number of hydrogen-bond acceptors (Lipinski definition) is 4. The fourth-order valence-electron chi connectivity index (χ4n) is 2.73. The first-order valence-corrected chi connectivity index (χ1v) is 9.50. The number of fused-ring (bicyclic) bond motifs is 1. The molecule has 8 heteroatoms. The molecule has 2 aromatic heterocycles. The van der Waals surface area contributed by atoms with E-state index in [1.54, 1.807) is 13.2 Å². The normalized spacial score (nSPS) is 11.0. The Bertz CT molecular complexity index is 1130. The number of nitrogens with one attached hydrogen (secondary N) is 1. The minimum Gasteiger partial charge on any atom is -0.497 e. The standard InChI is InChI=1S/C19H13BrCl2N4O/c1-27-14-6-7-16-17(9-14)26(13-4-2-11(20)3-5-13)19(24-16)25-18-15(22)8-12(21)10-23-18/h2-10H,1H3,(H,23,24,25). The lowest BCUT2D eigenvalue weighted by molar-refractivity contribution is 0.415. The second-order valence-corrected chi connectivity index (χ2v) is 7.47. The summed E-state index contributed by atoms with van der Waals surface area (Å²) in [7, 11) is 1.64. The number of pyridine rings is 1. The molecule has 0 aliphatic carbocycles. The van der Waals surface area contributed by atoms with Crippen LogP contribution in [-0.2, 0) is 0 Å². The molecule has 0 amide bonds. The van der Waals surface area contributed by atoms with Crippen LogP contribution in [0.5, 0.6) is 5.75 Å². The van der Waals surface area contributed by atoms with Crippen LogP contribution in [0, 0.1) is 0 Å². The Hall–Kier alpha value is -2.28. The molecule has 5 nitrogen and oxygen atoms in total. The molecule has 0 spiro atoms. The van der Waals surface area contributed by atoms with Gasteiger partial charge < -0.3 is 10.1 Å². The maximum Gasteiger partial charge on any atom is 0.214 e. The summed E-state index contributed by atoms with van der Waals surface area (Å²) in [5.41, 5.74) is 2.64. The number of benzene rings is 2. The van der Waals surface area contributed by atoms with Gasteiger partial charge in [-0.05, 0) is 42.5 Å². The van der Waals surface area contributed by atoms with E-state index < -0.39 is 0 Å². The van der Waals surface area contributed by atoms with Crippen molar-refractivity contribution in [1.29, 1.82) is 0 Å². The largest absolute Gasteiger partial charge is 0.497 e. The number of nitrogens with zero attached hydrogens (tertiary/aromatic N) is 3. The number of hydrogen-bond donors (Lipinski definition) is 1. The van der Waals surface area contributed by atoms with Crippen molar-refractivity contribution in [2.24, 2.45) is 0 Å². The SMILES string of the molecule is COc1ccc2nc(Nc3ncc(Cl)cc3Cl)n(-c3ccc(Br)cc3)c2c1. The van der Waals surface area contributed by atoms with Crippen LogP contribution in [0.25, 0.3) is 16.7 Å². The number of anilines is 2. The van der Waals surface area contributed by atoms with Crippen LogP contribution >= 0.6 is 39.1 Å². The first-order chi connectivity index (χ1) is 13.0. The number of rotatable bonds is 4. The van der Waals surface area contributed by atoms with Crippen LogP contribution in [0.3, 0.4) is 0 Å². The zero-order valence-corrected chi connectivity index (χ0v) is 17.2. The molecule has 27 heavy (non-hydrogen) atoms. The Balaban J connectivity index is 1.90. The van der Waals surface area contributed by atoms with Gasteiger partial charge in [0.2, 0.25) is 5.95 Å². The highest BCUT2D eigenvalue weighted by atomic mass is 79.9. The number of ether oxygens (including phenoxy) is 1. The molecule has 0 radical (unpaired) electrons. The highest BCUT2D eigenvalue weighted by Crippen LogP contribution is 2.32. The Morgan fingerprint density at radius 3 is 2.56 bits per heavy atom. The molecule has 0 fully saturated rings. The Kier molecular flexibility index (Phi) is 4.95. The maximum absolute atomic E-state index is 6.27. The molecule has 0 saturated carbocycles. The van der Waals surface area contributed by atoms with Crippen LogP contribution in [-0.4, -0.2) is 21.6 Å². The summed E-state index contributed by atoms with van der Waals surface area (Å²) < 4.78 is 8.35. The molecular formula is C19H13BrCl2N4O. The monoisotopic (exact) mass is 462 g/mol.